The van der Waals surface area contributed by atoms with Crippen molar-refractivity contribution in [2.24, 2.45) is 0 Å². The van der Waals surface area contributed by atoms with Crippen molar-refractivity contribution in [2.45, 2.75) is 19.4 Å². The fourth-order valence-corrected chi connectivity index (χ4v) is 4.73. The van der Waals surface area contributed by atoms with E-state index >= 15 is 0 Å². The Kier molecular flexibility index (Phi) is 5.74. The van der Waals surface area contributed by atoms with Crippen LogP contribution in [-0.4, -0.2) is 29.8 Å². The van der Waals surface area contributed by atoms with E-state index in [0.717, 1.165) is 13.0 Å². The van der Waals surface area contributed by atoms with Crippen LogP contribution in [-0.2, 0) is 16.0 Å². The second-order valence-corrected chi connectivity index (χ2v) is 8.14. The minimum Gasteiger partial charge on any atom is -0.326 e. The molecule has 1 atom stereocenters. The smallest absolute Gasteiger partial charge is 0.238 e. The number of carbonyl (C=O) groups excluding carboxylic acids is 2. The molecule has 1 aliphatic heterocycles. The number of benzene rings is 2. The van der Waals surface area contributed by atoms with Gasteiger partial charge in [-0.15, -0.1) is 11.3 Å². The van der Waals surface area contributed by atoms with Gasteiger partial charge in [0, 0.05) is 29.7 Å². The number of rotatable bonds is 5. The van der Waals surface area contributed by atoms with Crippen LogP contribution in [0.5, 0.6) is 0 Å². The van der Waals surface area contributed by atoms with Crippen molar-refractivity contribution in [3.8, 4) is 0 Å². The number of thiophene rings is 1. The van der Waals surface area contributed by atoms with Crippen molar-refractivity contribution in [1.29, 1.82) is 0 Å². The van der Waals surface area contributed by atoms with Crippen molar-refractivity contribution in [1.82, 2.24) is 4.90 Å². The number of carbonyl (C=O) groups is 2. The van der Waals surface area contributed by atoms with Crippen LogP contribution in [0.1, 0.15) is 29.0 Å². The summed E-state index contributed by atoms with van der Waals surface area (Å²) in [7, 11) is 0. The van der Waals surface area contributed by atoms with Crippen LogP contribution in [0.4, 0.5) is 11.4 Å². The second kappa shape index (κ2) is 8.59. The summed E-state index contributed by atoms with van der Waals surface area (Å²) in [6, 6.07) is 19.8. The van der Waals surface area contributed by atoms with Gasteiger partial charge in [-0.2, -0.15) is 0 Å². The molecule has 2 aromatic carbocycles. The largest absolute Gasteiger partial charge is 0.326 e. The summed E-state index contributed by atoms with van der Waals surface area (Å²) in [5, 5.41) is 7.84. The van der Waals surface area contributed by atoms with E-state index in [2.05, 4.69) is 39.1 Å². The summed E-state index contributed by atoms with van der Waals surface area (Å²) in [5.41, 5.74) is 3.84. The molecule has 2 amide bonds. The number of anilines is 2. The van der Waals surface area contributed by atoms with Crippen molar-refractivity contribution < 1.29 is 9.59 Å². The average molecular weight is 406 g/mol. The normalized spacial score (nSPS) is 16.1. The highest BCUT2D eigenvalue weighted by Gasteiger charge is 2.30. The maximum Gasteiger partial charge on any atom is 0.238 e. The first-order chi connectivity index (χ1) is 14.1. The van der Waals surface area contributed by atoms with Crippen LogP contribution in [0.2, 0.25) is 0 Å². The van der Waals surface area contributed by atoms with Crippen LogP contribution < -0.4 is 10.6 Å². The summed E-state index contributed by atoms with van der Waals surface area (Å²) < 4.78 is 0. The quantitative estimate of drug-likeness (QED) is 0.666. The molecule has 5 nitrogen and oxygen atoms in total. The molecule has 6 heteroatoms. The highest BCUT2D eigenvalue weighted by molar-refractivity contribution is 7.10. The molecule has 1 aromatic heterocycles. The van der Waals surface area contributed by atoms with Crippen LogP contribution in [0.3, 0.4) is 0 Å². The third-order valence-corrected chi connectivity index (χ3v) is 5.99. The molecule has 0 saturated heterocycles. The summed E-state index contributed by atoms with van der Waals surface area (Å²) in [6.07, 6.45) is 0.960. The van der Waals surface area contributed by atoms with E-state index in [-0.39, 0.29) is 17.9 Å². The molecule has 0 saturated carbocycles. The van der Waals surface area contributed by atoms with E-state index in [1.165, 1.54) is 22.9 Å². The molecule has 0 radical (unpaired) electrons. The molecule has 29 heavy (non-hydrogen) atoms. The molecule has 0 unspecified atom stereocenters. The molecule has 0 bridgehead atoms. The number of hydrogen-bond acceptors (Lipinski definition) is 4. The molecule has 1 aliphatic rings. The summed E-state index contributed by atoms with van der Waals surface area (Å²) in [5.74, 6) is -0.205. The van der Waals surface area contributed by atoms with Gasteiger partial charge in [-0.05, 0) is 47.2 Å². The zero-order valence-corrected chi connectivity index (χ0v) is 17.0. The standard InChI is InChI=1S/C23H23N3O2S/c1-16(27)24-18-8-5-9-19(14-18)25-22(28)15-26-12-10-21-20(11-13-29-21)23(26)17-6-3-2-4-7-17/h2-9,11,13-14,23H,10,12,15H2,1H3,(H,24,27)(H,25,28)/t23-/m1/s1. The fourth-order valence-electron chi connectivity index (χ4n) is 3.83. The molecular formula is C23H23N3O2S. The molecule has 0 fully saturated rings. The molecular weight excluding hydrogens is 382 g/mol. The monoisotopic (exact) mass is 405 g/mol. The third-order valence-electron chi connectivity index (χ3n) is 4.99. The molecule has 0 spiro atoms. The van der Waals surface area contributed by atoms with E-state index in [0.29, 0.717) is 17.9 Å². The molecule has 148 valence electrons. The highest BCUT2D eigenvalue weighted by Crippen LogP contribution is 2.37. The van der Waals surface area contributed by atoms with E-state index in [1.807, 2.05) is 30.3 Å². The third kappa shape index (κ3) is 4.55. The molecule has 0 aliphatic carbocycles. The van der Waals surface area contributed by atoms with E-state index in [4.69, 9.17) is 0 Å². The van der Waals surface area contributed by atoms with Gasteiger partial charge in [0.2, 0.25) is 11.8 Å². The fraction of sp³-hybridized carbons (Fsp3) is 0.217. The molecule has 2 heterocycles. The Morgan fingerprint density at radius 1 is 1.03 bits per heavy atom. The Labute approximate surface area is 174 Å². The first-order valence-electron chi connectivity index (χ1n) is 9.63. The van der Waals surface area contributed by atoms with Gasteiger partial charge in [-0.1, -0.05) is 36.4 Å². The van der Waals surface area contributed by atoms with Gasteiger partial charge < -0.3 is 10.6 Å². The van der Waals surface area contributed by atoms with Crippen molar-refractivity contribution >= 4 is 34.5 Å². The van der Waals surface area contributed by atoms with Gasteiger partial charge in [0.15, 0.2) is 0 Å². The Balaban J connectivity index is 1.51. The summed E-state index contributed by atoms with van der Waals surface area (Å²) >= 11 is 1.79. The van der Waals surface area contributed by atoms with Crippen LogP contribution in [0.25, 0.3) is 0 Å². The Bertz CT molecular complexity index is 1020. The van der Waals surface area contributed by atoms with E-state index in [1.54, 1.807) is 23.5 Å². The first-order valence-corrected chi connectivity index (χ1v) is 10.5. The number of nitrogens with one attached hydrogen (secondary N) is 2. The van der Waals surface area contributed by atoms with Crippen LogP contribution >= 0.6 is 11.3 Å². The predicted octanol–water partition coefficient (Wildman–Crippen LogP) is 4.29. The van der Waals surface area contributed by atoms with Crippen molar-refractivity contribution in [3.63, 3.8) is 0 Å². The topological polar surface area (TPSA) is 61.4 Å². The maximum absolute atomic E-state index is 12.8. The van der Waals surface area contributed by atoms with E-state index < -0.39 is 0 Å². The second-order valence-electron chi connectivity index (χ2n) is 7.14. The Morgan fingerprint density at radius 2 is 1.79 bits per heavy atom. The first kappa shape index (κ1) is 19.4. The molecule has 3 aromatic rings. The zero-order chi connectivity index (χ0) is 20.2. The van der Waals surface area contributed by atoms with E-state index in [9.17, 15) is 9.59 Å². The summed E-state index contributed by atoms with van der Waals surface area (Å²) in [4.78, 5) is 27.7. The minimum atomic E-state index is -0.140. The predicted molar refractivity (Wildman–Crippen MR) is 117 cm³/mol. The molecule has 4 rings (SSSR count). The SMILES string of the molecule is CC(=O)Nc1cccc(NC(=O)CN2CCc3sccc3[C@H]2c2ccccc2)c1. The van der Waals surface area contributed by atoms with Crippen molar-refractivity contribution in [2.75, 3.05) is 23.7 Å². The van der Waals surface area contributed by atoms with Gasteiger partial charge in [-0.25, -0.2) is 0 Å². The average Bonchev–Trinajstić information content (AvgIpc) is 3.17. The lowest BCUT2D eigenvalue weighted by Crippen LogP contribution is -2.40. The lowest BCUT2D eigenvalue weighted by Gasteiger charge is -2.35. The number of fused-ring (bicyclic) bond motifs is 1. The Hall–Kier alpha value is -2.96. The van der Waals surface area contributed by atoms with Gasteiger partial charge >= 0.3 is 0 Å². The maximum atomic E-state index is 12.8. The zero-order valence-electron chi connectivity index (χ0n) is 16.2. The van der Waals surface area contributed by atoms with Crippen LogP contribution in [0, 0.1) is 0 Å². The van der Waals surface area contributed by atoms with Gasteiger partial charge in [0.1, 0.15) is 0 Å². The van der Waals surface area contributed by atoms with Gasteiger partial charge in [0.05, 0.1) is 12.6 Å². The summed E-state index contributed by atoms with van der Waals surface area (Å²) in [6.45, 7) is 2.61. The Morgan fingerprint density at radius 3 is 2.55 bits per heavy atom. The molecule has 2 N–H and O–H groups in total. The lowest BCUT2D eigenvalue weighted by molar-refractivity contribution is -0.118. The van der Waals surface area contributed by atoms with Gasteiger partial charge in [-0.3, -0.25) is 14.5 Å². The van der Waals surface area contributed by atoms with Crippen LogP contribution in [0.15, 0.2) is 66.0 Å². The van der Waals surface area contributed by atoms with Crippen molar-refractivity contribution in [3.05, 3.63) is 82.0 Å². The lowest BCUT2D eigenvalue weighted by atomic mass is 9.93. The minimum absolute atomic E-state index is 0.0652. The number of hydrogen-bond donors (Lipinski definition) is 2. The van der Waals surface area contributed by atoms with Gasteiger partial charge in [0.25, 0.3) is 0 Å². The number of amides is 2. The highest BCUT2D eigenvalue weighted by atomic mass is 32.1. The number of nitrogens with zero attached hydrogens (tertiary/aromatic N) is 1.